The summed E-state index contributed by atoms with van der Waals surface area (Å²) in [5.41, 5.74) is 5.15. The van der Waals surface area contributed by atoms with E-state index in [4.69, 9.17) is 10.5 Å². The Kier molecular flexibility index (Phi) is 6.75. The molecule has 0 spiro atoms. The average molecular weight is 271 g/mol. The van der Waals surface area contributed by atoms with Crippen LogP contribution in [0.1, 0.15) is 33.6 Å². The molecule has 1 saturated heterocycles. The number of ether oxygens (including phenoxy) is 1. The van der Waals surface area contributed by atoms with E-state index in [-0.39, 0.29) is 5.97 Å². The van der Waals surface area contributed by atoms with Crippen LogP contribution in [0.5, 0.6) is 0 Å². The number of hydrogen-bond acceptors (Lipinski definition) is 5. The number of hydrogen-bond donors (Lipinski definition) is 1. The Bertz CT molecular complexity index is 276. The van der Waals surface area contributed by atoms with Gasteiger partial charge in [0, 0.05) is 19.6 Å². The molecule has 112 valence electrons. The Hall–Kier alpha value is -0.650. The summed E-state index contributed by atoms with van der Waals surface area (Å²) in [4.78, 5) is 16.4. The highest BCUT2D eigenvalue weighted by Crippen LogP contribution is 2.09. The number of carbonyl (C=O) groups excluding carboxylic acids is 1. The molecule has 0 unspecified atom stereocenters. The van der Waals surface area contributed by atoms with Crippen LogP contribution in [0.2, 0.25) is 0 Å². The van der Waals surface area contributed by atoms with E-state index in [1.807, 2.05) is 20.8 Å². The third-order valence-corrected chi connectivity index (χ3v) is 3.13. The molecule has 0 aliphatic carbocycles. The molecule has 0 aromatic rings. The Balaban J connectivity index is 2.30. The maximum atomic E-state index is 11.8. The molecule has 0 atom stereocenters. The molecule has 1 heterocycles. The third kappa shape index (κ3) is 7.50. The van der Waals surface area contributed by atoms with Gasteiger partial charge >= 0.3 is 5.97 Å². The second kappa shape index (κ2) is 7.82. The summed E-state index contributed by atoms with van der Waals surface area (Å²) in [6, 6.07) is 0. The number of carbonyl (C=O) groups is 1. The summed E-state index contributed by atoms with van der Waals surface area (Å²) in [5, 5.41) is 0. The van der Waals surface area contributed by atoms with Crippen LogP contribution in [0.15, 0.2) is 0 Å². The van der Waals surface area contributed by atoms with Gasteiger partial charge in [-0.1, -0.05) is 0 Å². The summed E-state index contributed by atoms with van der Waals surface area (Å²) in [6.45, 7) is 12.0. The molecule has 0 saturated carbocycles. The molecule has 0 radical (unpaired) electrons. The van der Waals surface area contributed by atoms with Crippen LogP contribution in [0.4, 0.5) is 0 Å². The van der Waals surface area contributed by atoms with E-state index in [0.717, 1.165) is 52.1 Å². The number of esters is 1. The fourth-order valence-electron chi connectivity index (χ4n) is 2.28. The fourth-order valence-corrected chi connectivity index (χ4v) is 2.28. The summed E-state index contributed by atoms with van der Waals surface area (Å²) >= 11 is 0. The second-order valence-corrected chi connectivity index (χ2v) is 6.20. The predicted octanol–water partition coefficient (Wildman–Crippen LogP) is 0.685. The molecule has 0 amide bonds. The molecular formula is C14H29N3O2. The van der Waals surface area contributed by atoms with Gasteiger partial charge in [-0.2, -0.15) is 0 Å². The molecule has 2 N–H and O–H groups in total. The summed E-state index contributed by atoms with van der Waals surface area (Å²) in [6.07, 6.45) is 2.15. The minimum absolute atomic E-state index is 0.122. The first-order valence-corrected chi connectivity index (χ1v) is 7.27. The van der Waals surface area contributed by atoms with Gasteiger partial charge in [0.2, 0.25) is 0 Å². The molecule has 1 fully saturated rings. The van der Waals surface area contributed by atoms with Gasteiger partial charge in [0.15, 0.2) is 0 Å². The van der Waals surface area contributed by atoms with E-state index < -0.39 is 5.60 Å². The lowest BCUT2D eigenvalue weighted by molar-refractivity contribution is -0.156. The summed E-state index contributed by atoms with van der Waals surface area (Å²) in [7, 11) is 0. The highest BCUT2D eigenvalue weighted by atomic mass is 16.6. The van der Waals surface area contributed by atoms with E-state index in [2.05, 4.69) is 9.80 Å². The van der Waals surface area contributed by atoms with Crippen LogP contribution < -0.4 is 5.73 Å². The lowest BCUT2D eigenvalue weighted by Crippen LogP contribution is -2.37. The van der Waals surface area contributed by atoms with Crippen LogP contribution in [0.25, 0.3) is 0 Å². The SMILES string of the molecule is CC(C)(C)OC(=O)CN1CCCN(CCCN)CC1. The Morgan fingerprint density at radius 3 is 2.42 bits per heavy atom. The van der Waals surface area contributed by atoms with E-state index in [9.17, 15) is 4.79 Å². The van der Waals surface area contributed by atoms with Crippen molar-refractivity contribution in [3.8, 4) is 0 Å². The molecule has 1 aliphatic rings. The van der Waals surface area contributed by atoms with Gasteiger partial charge in [0.25, 0.3) is 0 Å². The predicted molar refractivity (Wildman–Crippen MR) is 77.0 cm³/mol. The van der Waals surface area contributed by atoms with Gasteiger partial charge in [-0.3, -0.25) is 9.69 Å². The lowest BCUT2D eigenvalue weighted by atomic mass is 10.2. The first kappa shape index (κ1) is 16.4. The standard InChI is InChI=1S/C14H29N3O2/c1-14(2,3)19-13(18)12-17-9-5-8-16(10-11-17)7-4-6-15/h4-12,15H2,1-3H3. The van der Waals surface area contributed by atoms with Crippen molar-refractivity contribution in [1.82, 2.24) is 9.80 Å². The highest BCUT2D eigenvalue weighted by molar-refractivity contribution is 5.72. The minimum atomic E-state index is -0.393. The molecule has 1 rings (SSSR count). The molecule has 0 aromatic carbocycles. The largest absolute Gasteiger partial charge is 0.459 e. The summed E-state index contributed by atoms with van der Waals surface area (Å²) < 4.78 is 5.36. The number of nitrogens with two attached hydrogens (primary N) is 1. The third-order valence-electron chi connectivity index (χ3n) is 3.13. The van der Waals surface area contributed by atoms with Gasteiger partial charge in [-0.05, 0) is 53.2 Å². The molecule has 0 bridgehead atoms. The molecular weight excluding hydrogens is 242 g/mol. The molecule has 0 aromatic heterocycles. The maximum Gasteiger partial charge on any atom is 0.320 e. The van der Waals surface area contributed by atoms with Crippen LogP contribution in [0, 0.1) is 0 Å². The van der Waals surface area contributed by atoms with Crippen molar-refractivity contribution in [2.24, 2.45) is 5.73 Å². The van der Waals surface area contributed by atoms with Gasteiger partial charge in [-0.15, -0.1) is 0 Å². The first-order valence-electron chi connectivity index (χ1n) is 7.27. The van der Waals surface area contributed by atoms with Gasteiger partial charge in [0.05, 0.1) is 6.54 Å². The van der Waals surface area contributed by atoms with Crippen molar-refractivity contribution in [1.29, 1.82) is 0 Å². The maximum absolute atomic E-state index is 11.8. The normalized spacial score (nSPS) is 19.2. The quantitative estimate of drug-likeness (QED) is 0.745. The van der Waals surface area contributed by atoms with Gasteiger partial charge in [-0.25, -0.2) is 0 Å². The van der Waals surface area contributed by atoms with Crippen LogP contribution >= 0.6 is 0 Å². The molecule has 5 heteroatoms. The van der Waals surface area contributed by atoms with Crippen LogP contribution in [-0.2, 0) is 9.53 Å². The monoisotopic (exact) mass is 271 g/mol. The van der Waals surface area contributed by atoms with E-state index in [0.29, 0.717) is 6.54 Å². The number of nitrogens with zero attached hydrogens (tertiary/aromatic N) is 2. The number of rotatable bonds is 5. The van der Waals surface area contributed by atoms with Gasteiger partial charge < -0.3 is 15.4 Å². The summed E-state index contributed by atoms with van der Waals surface area (Å²) in [5.74, 6) is -0.122. The van der Waals surface area contributed by atoms with Crippen LogP contribution in [0.3, 0.4) is 0 Å². The van der Waals surface area contributed by atoms with E-state index in [1.165, 1.54) is 0 Å². The first-order chi connectivity index (χ1) is 8.90. The fraction of sp³-hybridized carbons (Fsp3) is 0.929. The highest BCUT2D eigenvalue weighted by Gasteiger charge is 2.20. The zero-order chi connectivity index (χ0) is 14.3. The van der Waals surface area contributed by atoms with Crippen molar-refractivity contribution in [2.45, 2.75) is 39.2 Å². The van der Waals surface area contributed by atoms with Gasteiger partial charge in [0.1, 0.15) is 5.60 Å². The zero-order valence-corrected chi connectivity index (χ0v) is 12.7. The molecule has 5 nitrogen and oxygen atoms in total. The van der Waals surface area contributed by atoms with E-state index in [1.54, 1.807) is 0 Å². The Morgan fingerprint density at radius 2 is 1.79 bits per heavy atom. The zero-order valence-electron chi connectivity index (χ0n) is 12.7. The van der Waals surface area contributed by atoms with Crippen molar-refractivity contribution < 1.29 is 9.53 Å². The minimum Gasteiger partial charge on any atom is -0.459 e. The smallest absolute Gasteiger partial charge is 0.320 e. The molecule has 19 heavy (non-hydrogen) atoms. The van der Waals surface area contributed by atoms with Crippen molar-refractivity contribution in [2.75, 3.05) is 45.8 Å². The van der Waals surface area contributed by atoms with Crippen molar-refractivity contribution >= 4 is 5.97 Å². The van der Waals surface area contributed by atoms with Crippen molar-refractivity contribution in [3.05, 3.63) is 0 Å². The topological polar surface area (TPSA) is 58.8 Å². The molecule has 1 aliphatic heterocycles. The Labute approximate surface area is 117 Å². The lowest BCUT2D eigenvalue weighted by Gasteiger charge is -2.24. The van der Waals surface area contributed by atoms with Crippen LogP contribution in [-0.4, -0.2) is 67.2 Å². The second-order valence-electron chi connectivity index (χ2n) is 6.20. The Morgan fingerprint density at radius 1 is 1.16 bits per heavy atom. The van der Waals surface area contributed by atoms with E-state index >= 15 is 0 Å². The van der Waals surface area contributed by atoms with Crippen molar-refractivity contribution in [3.63, 3.8) is 0 Å². The average Bonchev–Trinajstić information content (AvgIpc) is 2.49.